The zero-order chi connectivity index (χ0) is 21.5. The maximum absolute atomic E-state index is 11.8. The van der Waals surface area contributed by atoms with Crippen molar-refractivity contribution < 1.29 is 14.3 Å². The van der Waals surface area contributed by atoms with Crippen LogP contribution in [0.3, 0.4) is 0 Å². The van der Waals surface area contributed by atoms with Crippen LogP contribution in [0.15, 0.2) is 66.7 Å². The molecule has 0 unspecified atom stereocenters. The molecular formula is C28H30O3. The minimum atomic E-state index is -0.327. The summed E-state index contributed by atoms with van der Waals surface area (Å²) < 4.78 is 11.4. The zero-order valence-electron chi connectivity index (χ0n) is 18.2. The predicted molar refractivity (Wildman–Crippen MR) is 127 cm³/mol. The molecule has 0 atom stereocenters. The molecule has 1 aliphatic carbocycles. The molecule has 1 aliphatic rings. The van der Waals surface area contributed by atoms with Crippen LogP contribution in [-0.4, -0.2) is 19.2 Å². The molecule has 0 aromatic heterocycles. The molecule has 0 heterocycles. The Morgan fingerprint density at radius 1 is 0.968 bits per heavy atom. The Morgan fingerprint density at radius 2 is 1.77 bits per heavy atom. The van der Waals surface area contributed by atoms with Crippen LogP contribution in [0.25, 0.3) is 28.0 Å². The summed E-state index contributed by atoms with van der Waals surface area (Å²) in [6.07, 6.45) is 9.75. The summed E-state index contributed by atoms with van der Waals surface area (Å²) in [5, 5.41) is 2.39. The lowest BCUT2D eigenvalue weighted by Gasteiger charge is -2.23. The maximum Gasteiger partial charge on any atom is 0.330 e. The second-order valence-corrected chi connectivity index (χ2v) is 8.18. The van der Waals surface area contributed by atoms with Gasteiger partial charge in [0.05, 0.1) is 13.2 Å². The summed E-state index contributed by atoms with van der Waals surface area (Å²) in [4.78, 5) is 11.8. The third-order valence-corrected chi connectivity index (χ3v) is 5.98. The highest BCUT2D eigenvalue weighted by Gasteiger charge is 2.16. The van der Waals surface area contributed by atoms with E-state index >= 15 is 0 Å². The smallest absolute Gasteiger partial charge is 0.330 e. The molecule has 0 saturated heterocycles. The van der Waals surface area contributed by atoms with Gasteiger partial charge in [0.2, 0.25) is 0 Å². The highest BCUT2D eigenvalue weighted by molar-refractivity contribution is 5.98. The fourth-order valence-corrected chi connectivity index (χ4v) is 4.36. The van der Waals surface area contributed by atoms with Gasteiger partial charge in [-0.3, -0.25) is 0 Å². The standard InChI is InChI=1S/C28H30O3/c1-2-30-28(29)18-16-21-15-17-27(31-20-22-9-4-3-5-10-22)26(19-21)25-14-8-12-23-11-6-7-13-24(23)25/h6-8,11-19,22H,2-5,9-10,20H2,1H3/b18-16+. The molecule has 0 bridgehead atoms. The molecule has 31 heavy (non-hydrogen) atoms. The Kier molecular flexibility index (Phi) is 7.03. The van der Waals surface area contributed by atoms with E-state index in [1.807, 2.05) is 19.1 Å². The Hall–Kier alpha value is -3.07. The van der Waals surface area contributed by atoms with Gasteiger partial charge in [-0.2, -0.15) is 0 Å². The largest absolute Gasteiger partial charge is 0.493 e. The van der Waals surface area contributed by atoms with Gasteiger partial charge in [-0.1, -0.05) is 67.8 Å². The van der Waals surface area contributed by atoms with Crippen LogP contribution in [-0.2, 0) is 9.53 Å². The van der Waals surface area contributed by atoms with Gasteiger partial charge in [-0.15, -0.1) is 0 Å². The van der Waals surface area contributed by atoms with E-state index < -0.39 is 0 Å². The molecular weight excluding hydrogens is 384 g/mol. The Bertz CT molecular complexity index is 1060. The first-order valence-electron chi connectivity index (χ1n) is 11.3. The van der Waals surface area contributed by atoms with Gasteiger partial charge < -0.3 is 9.47 Å². The lowest BCUT2D eigenvalue weighted by molar-refractivity contribution is -0.137. The summed E-state index contributed by atoms with van der Waals surface area (Å²) >= 11 is 0. The molecule has 0 spiro atoms. The van der Waals surface area contributed by atoms with Gasteiger partial charge in [0, 0.05) is 11.6 Å². The van der Waals surface area contributed by atoms with E-state index in [9.17, 15) is 4.79 Å². The molecule has 4 rings (SSSR count). The van der Waals surface area contributed by atoms with E-state index in [-0.39, 0.29) is 5.97 Å². The maximum atomic E-state index is 11.8. The first-order valence-corrected chi connectivity index (χ1v) is 11.3. The number of carbonyl (C=O) groups excluding carboxylic acids is 1. The minimum absolute atomic E-state index is 0.327. The van der Waals surface area contributed by atoms with E-state index in [0.29, 0.717) is 12.5 Å². The molecule has 1 saturated carbocycles. The van der Waals surface area contributed by atoms with E-state index in [2.05, 4.69) is 48.5 Å². The summed E-state index contributed by atoms with van der Waals surface area (Å²) in [6.45, 7) is 2.94. The van der Waals surface area contributed by atoms with Gasteiger partial charge in [-0.05, 0) is 65.8 Å². The van der Waals surface area contributed by atoms with E-state index in [1.165, 1.54) is 49.0 Å². The number of benzene rings is 3. The lowest BCUT2D eigenvalue weighted by Crippen LogP contribution is -2.15. The van der Waals surface area contributed by atoms with Crippen LogP contribution < -0.4 is 4.74 Å². The Morgan fingerprint density at radius 3 is 2.61 bits per heavy atom. The van der Waals surface area contributed by atoms with Crippen molar-refractivity contribution in [2.45, 2.75) is 39.0 Å². The van der Waals surface area contributed by atoms with Gasteiger partial charge in [-0.25, -0.2) is 4.79 Å². The van der Waals surface area contributed by atoms with Crippen molar-refractivity contribution in [2.24, 2.45) is 5.92 Å². The molecule has 0 aliphatic heterocycles. The Balaban J connectivity index is 1.69. The molecule has 0 N–H and O–H groups in total. The number of ether oxygens (including phenoxy) is 2. The first-order chi connectivity index (χ1) is 15.2. The van der Waals surface area contributed by atoms with Crippen molar-refractivity contribution in [3.63, 3.8) is 0 Å². The van der Waals surface area contributed by atoms with Crippen molar-refractivity contribution in [3.05, 3.63) is 72.3 Å². The summed E-state index contributed by atoms with van der Waals surface area (Å²) in [5.74, 6) is 1.21. The fraction of sp³-hybridized carbons (Fsp3) is 0.321. The van der Waals surface area contributed by atoms with E-state index in [1.54, 1.807) is 6.08 Å². The highest BCUT2D eigenvalue weighted by atomic mass is 16.5. The van der Waals surface area contributed by atoms with Crippen LogP contribution in [0, 0.1) is 5.92 Å². The molecule has 1 fully saturated rings. The summed E-state index contributed by atoms with van der Waals surface area (Å²) in [5.41, 5.74) is 3.14. The Labute approximate surface area is 184 Å². The number of fused-ring (bicyclic) bond motifs is 1. The molecule has 0 amide bonds. The quantitative estimate of drug-likeness (QED) is 0.307. The number of carbonyl (C=O) groups is 1. The van der Waals surface area contributed by atoms with Crippen LogP contribution >= 0.6 is 0 Å². The van der Waals surface area contributed by atoms with Gasteiger partial charge >= 0.3 is 5.97 Å². The van der Waals surface area contributed by atoms with Crippen LogP contribution in [0.5, 0.6) is 5.75 Å². The van der Waals surface area contributed by atoms with Crippen molar-refractivity contribution in [1.29, 1.82) is 0 Å². The van der Waals surface area contributed by atoms with E-state index in [4.69, 9.17) is 9.47 Å². The second-order valence-electron chi connectivity index (χ2n) is 8.18. The van der Waals surface area contributed by atoms with Gasteiger partial charge in [0.15, 0.2) is 0 Å². The van der Waals surface area contributed by atoms with Crippen LogP contribution in [0.1, 0.15) is 44.6 Å². The third kappa shape index (κ3) is 5.35. The van der Waals surface area contributed by atoms with Crippen molar-refractivity contribution in [1.82, 2.24) is 0 Å². The number of esters is 1. The number of rotatable bonds is 7. The SMILES string of the molecule is CCOC(=O)/C=C/c1ccc(OCC2CCCCC2)c(-c2cccc3ccccc23)c1. The normalized spacial score (nSPS) is 14.7. The molecule has 0 radical (unpaired) electrons. The summed E-state index contributed by atoms with van der Waals surface area (Å²) in [7, 11) is 0. The fourth-order valence-electron chi connectivity index (χ4n) is 4.36. The molecule has 3 nitrogen and oxygen atoms in total. The topological polar surface area (TPSA) is 35.5 Å². The monoisotopic (exact) mass is 414 g/mol. The first kappa shape index (κ1) is 21.2. The van der Waals surface area contributed by atoms with Crippen molar-refractivity contribution >= 4 is 22.8 Å². The molecule has 160 valence electrons. The minimum Gasteiger partial charge on any atom is -0.493 e. The van der Waals surface area contributed by atoms with Crippen LogP contribution in [0.4, 0.5) is 0 Å². The molecule has 3 heteroatoms. The average molecular weight is 415 g/mol. The lowest BCUT2D eigenvalue weighted by atomic mass is 9.90. The van der Waals surface area contributed by atoms with E-state index in [0.717, 1.165) is 29.0 Å². The van der Waals surface area contributed by atoms with Gasteiger partial charge in [0.1, 0.15) is 5.75 Å². The molecule has 3 aromatic rings. The summed E-state index contributed by atoms with van der Waals surface area (Å²) in [6, 6.07) is 20.9. The van der Waals surface area contributed by atoms with Crippen molar-refractivity contribution in [2.75, 3.05) is 13.2 Å². The average Bonchev–Trinajstić information content (AvgIpc) is 2.82. The number of hydrogen-bond donors (Lipinski definition) is 0. The zero-order valence-corrected chi connectivity index (χ0v) is 18.2. The number of hydrogen-bond acceptors (Lipinski definition) is 3. The van der Waals surface area contributed by atoms with Crippen molar-refractivity contribution in [3.8, 4) is 16.9 Å². The third-order valence-electron chi connectivity index (χ3n) is 5.98. The van der Waals surface area contributed by atoms with Crippen LogP contribution in [0.2, 0.25) is 0 Å². The second kappa shape index (κ2) is 10.3. The van der Waals surface area contributed by atoms with Gasteiger partial charge in [0.25, 0.3) is 0 Å². The molecule has 3 aromatic carbocycles. The highest BCUT2D eigenvalue weighted by Crippen LogP contribution is 2.37. The predicted octanol–water partition coefficient (Wildman–Crippen LogP) is 7.04.